The van der Waals surface area contributed by atoms with Gasteiger partial charge in [-0.25, -0.2) is 0 Å². The van der Waals surface area contributed by atoms with E-state index in [0.29, 0.717) is 5.92 Å². The summed E-state index contributed by atoms with van der Waals surface area (Å²) in [7, 11) is 0. The van der Waals surface area contributed by atoms with Gasteiger partial charge in [-0.3, -0.25) is 4.98 Å². The van der Waals surface area contributed by atoms with Crippen LogP contribution in [0, 0.1) is 6.92 Å². The van der Waals surface area contributed by atoms with Crippen LogP contribution in [-0.2, 0) is 0 Å². The van der Waals surface area contributed by atoms with Gasteiger partial charge >= 0.3 is 0 Å². The average Bonchev–Trinajstić information content (AvgIpc) is 2.55. The zero-order valence-corrected chi connectivity index (χ0v) is 12.5. The summed E-state index contributed by atoms with van der Waals surface area (Å²) in [5.41, 5.74) is 6.29. The summed E-state index contributed by atoms with van der Waals surface area (Å²) >= 11 is 0. The van der Waals surface area contributed by atoms with E-state index in [-0.39, 0.29) is 0 Å². The van der Waals surface area contributed by atoms with Crippen LogP contribution in [0.15, 0.2) is 72.9 Å². The number of benzene rings is 2. The molecule has 0 fully saturated rings. The molecule has 1 unspecified atom stereocenters. The second-order valence-corrected chi connectivity index (χ2v) is 5.38. The third-order valence-electron chi connectivity index (χ3n) is 4.02. The Morgan fingerprint density at radius 2 is 1.43 bits per heavy atom. The molecule has 0 saturated heterocycles. The maximum Gasteiger partial charge on any atom is 0.0704 e. The Morgan fingerprint density at radius 3 is 2.14 bits per heavy atom. The third-order valence-corrected chi connectivity index (χ3v) is 4.02. The van der Waals surface area contributed by atoms with E-state index in [2.05, 4.69) is 73.4 Å². The van der Waals surface area contributed by atoms with Crippen LogP contribution in [0.1, 0.15) is 29.5 Å². The molecule has 21 heavy (non-hydrogen) atoms. The molecule has 0 radical (unpaired) electrons. The first-order valence-corrected chi connectivity index (χ1v) is 7.33. The van der Waals surface area contributed by atoms with E-state index in [1.54, 1.807) is 0 Å². The van der Waals surface area contributed by atoms with Crippen LogP contribution in [0.5, 0.6) is 0 Å². The number of pyridine rings is 1. The van der Waals surface area contributed by atoms with Gasteiger partial charge in [0.05, 0.1) is 5.69 Å². The Bertz CT molecular complexity index is 732. The van der Waals surface area contributed by atoms with Crippen molar-refractivity contribution < 1.29 is 0 Å². The van der Waals surface area contributed by atoms with E-state index in [1.807, 2.05) is 18.3 Å². The fourth-order valence-electron chi connectivity index (χ4n) is 2.87. The molecule has 0 bridgehead atoms. The van der Waals surface area contributed by atoms with Crippen LogP contribution >= 0.6 is 0 Å². The Hall–Kier alpha value is -2.41. The molecule has 0 aliphatic rings. The SMILES string of the molecule is Cc1ccccc1C(C)c1ccccc1-c1ccccn1. The average molecular weight is 273 g/mol. The highest BCUT2D eigenvalue weighted by molar-refractivity contribution is 5.65. The lowest BCUT2D eigenvalue weighted by Crippen LogP contribution is -2.01. The van der Waals surface area contributed by atoms with Crippen molar-refractivity contribution in [1.82, 2.24) is 4.98 Å². The first kappa shape index (κ1) is 13.6. The third kappa shape index (κ3) is 2.73. The van der Waals surface area contributed by atoms with Crippen molar-refractivity contribution in [3.63, 3.8) is 0 Å². The minimum Gasteiger partial charge on any atom is -0.256 e. The standard InChI is InChI=1S/C20H19N/c1-15-9-3-4-10-17(15)16(2)18-11-5-6-12-19(18)20-13-7-8-14-21-20/h3-14,16H,1-2H3. The molecule has 0 spiro atoms. The van der Waals surface area contributed by atoms with Gasteiger partial charge in [-0.1, -0.05) is 61.5 Å². The highest BCUT2D eigenvalue weighted by Gasteiger charge is 2.15. The normalized spacial score (nSPS) is 12.1. The fourth-order valence-corrected chi connectivity index (χ4v) is 2.87. The summed E-state index contributed by atoms with van der Waals surface area (Å²) in [5, 5.41) is 0. The predicted octanol–water partition coefficient (Wildman–Crippen LogP) is 5.21. The molecule has 3 aromatic rings. The highest BCUT2D eigenvalue weighted by atomic mass is 14.7. The van der Waals surface area contributed by atoms with Gasteiger partial charge in [-0.05, 0) is 35.7 Å². The summed E-state index contributed by atoms with van der Waals surface area (Å²) in [5.74, 6) is 0.351. The van der Waals surface area contributed by atoms with Gasteiger partial charge in [0.2, 0.25) is 0 Å². The van der Waals surface area contributed by atoms with Crippen molar-refractivity contribution in [3.8, 4) is 11.3 Å². The number of hydrogen-bond donors (Lipinski definition) is 0. The molecule has 0 aliphatic carbocycles. The first-order chi connectivity index (χ1) is 10.3. The monoisotopic (exact) mass is 273 g/mol. The van der Waals surface area contributed by atoms with Crippen molar-refractivity contribution in [1.29, 1.82) is 0 Å². The number of rotatable bonds is 3. The molecule has 2 aromatic carbocycles. The van der Waals surface area contributed by atoms with Crippen molar-refractivity contribution >= 4 is 0 Å². The van der Waals surface area contributed by atoms with Crippen LogP contribution in [-0.4, -0.2) is 4.98 Å². The summed E-state index contributed by atoms with van der Waals surface area (Å²) in [6.07, 6.45) is 1.85. The predicted molar refractivity (Wildman–Crippen MR) is 88.4 cm³/mol. The molecule has 1 nitrogen and oxygen atoms in total. The van der Waals surface area contributed by atoms with Crippen molar-refractivity contribution in [3.05, 3.63) is 89.6 Å². The molecule has 1 atom stereocenters. The van der Waals surface area contributed by atoms with Gasteiger partial charge in [-0.2, -0.15) is 0 Å². The highest BCUT2D eigenvalue weighted by Crippen LogP contribution is 2.33. The second kappa shape index (κ2) is 5.92. The topological polar surface area (TPSA) is 12.9 Å². The first-order valence-electron chi connectivity index (χ1n) is 7.33. The van der Waals surface area contributed by atoms with E-state index >= 15 is 0 Å². The minimum atomic E-state index is 0.351. The van der Waals surface area contributed by atoms with Crippen LogP contribution in [0.25, 0.3) is 11.3 Å². The van der Waals surface area contributed by atoms with E-state index < -0.39 is 0 Å². The number of aryl methyl sites for hydroxylation is 1. The van der Waals surface area contributed by atoms with Gasteiger partial charge in [0.25, 0.3) is 0 Å². The lowest BCUT2D eigenvalue weighted by atomic mass is 9.86. The van der Waals surface area contributed by atoms with Crippen LogP contribution in [0.2, 0.25) is 0 Å². The number of hydrogen-bond acceptors (Lipinski definition) is 1. The molecule has 1 heteroatoms. The van der Waals surface area contributed by atoms with Crippen LogP contribution < -0.4 is 0 Å². The van der Waals surface area contributed by atoms with E-state index in [1.165, 1.54) is 22.3 Å². The molecular formula is C20H19N. The fraction of sp³-hybridized carbons (Fsp3) is 0.150. The van der Waals surface area contributed by atoms with Crippen LogP contribution in [0.3, 0.4) is 0 Å². The van der Waals surface area contributed by atoms with Gasteiger partial charge < -0.3 is 0 Å². The molecule has 3 rings (SSSR count). The smallest absolute Gasteiger partial charge is 0.0704 e. The van der Waals surface area contributed by atoms with E-state index in [4.69, 9.17) is 0 Å². The Kier molecular flexibility index (Phi) is 3.83. The maximum atomic E-state index is 4.51. The quantitative estimate of drug-likeness (QED) is 0.638. The lowest BCUT2D eigenvalue weighted by molar-refractivity contribution is 0.911. The van der Waals surface area contributed by atoms with Gasteiger partial charge in [0.15, 0.2) is 0 Å². The molecular weight excluding hydrogens is 254 g/mol. The summed E-state index contributed by atoms with van der Waals surface area (Å²) in [4.78, 5) is 4.51. The number of nitrogens with zero attached hydrogens (tertiary/aromatic N) is 1. The van der Waals surface area contributed by atoms with Crippen molar-refractivity contribution in [2.45, 2.75) is 19.8 Å². The Morgan fingerprint density at radius 1 is 0.762 bits per heavy atom. The van der Waals surface area contributed by atoms with E-state index in [9.17, 15) is 0 Å². The molecule has 0 saturated carbocycles. The zero-order chi connectivity index (χ0) is 14.7. The lowest BCUT2D eigenvalue weighted by Gasteiger charge is -2.18. The Labute approximate surface area is 126 Å². The molecule has 104 valence electrons. The summed E-state index contributed by atoms with van der Waals surface area (Å²) < 4.78 is 0. The van der Waals surface area contributed by atoms with Crippen LogP contribution in [0.4, 0.5) is 0 Å². The van der Waals surface area contributed by atoms with Gasteiger partial charge in [-0.15, -0.1) is 0 Å². The van der Waals surface area contributed by atoms with Crippen molar-refractivity contribution in [2.75, 3.05) is 0 Å². The molecule has 1 aromatic heterocycles. The number of aromatic nitrogens is 1. The largest absolute Gasteiger partial charge is 0.256 e. The molecule has 0 N–H and O–H groups in total. The summed E-state index contributed by atoms with van der Waals surface area (Å²) in [6.45, 7) is 4.44. The minimum absolute atomic E-state index is 0.351. The van der Waals surface area contributed by atoms with E-state index in [0.717, 1.165) is 5.69 Å². The van der Waals surface area contributed by atoms with Crippen molar-refractivity contribution in [2.24, 2.45) is 0 Å². The molecule has 0 amide bonds. The van der Waals surface area contributed by atoms with Gasteiger partial charge in [0.1, 0.15) is 0 Å². The Balaban J connectivity index is 2.10. The second-order valence-electron chi connectivity index (χ2n) is 5.38. The zero-order valence-electron chi connectivity index (χ0n) is 12.5. The molecule has 1 heterocycles. The maximum absolute atomic E-state index is 4.51. The molecule has 0 aliphatic heterocycles. The van der Waals surface area contributed by atoms with Gasteiger partial charge in [0, 0.05) is 17.7 Å². The summed E-state index contributed by atoms with van der Waals surface area (Å²) in [6, 6.07) is 23.2.